The molecular formula is C14H11BrO. The smallest absolute Gasteiger partial charge is 0.124 e. The molecule has 0 heterocycles. The highest BCUT2D eigenvalue weighted by atomic mass is 79.9. The van der Waals surface area contributed by atoms with Gasteiger partial charge in [-0.3, -0.25) is 0 Å². The highest BCUT2D eigenvalue weighted by Crippen LogP contribution is 2.30. The van der Waals surface area contributed by atoms with Crippen molar-refractivity contribution in [1.82, 2.24) is 0 Å². The normalized spacial score (nSPS) is 10.1. The second-order valence-corrected chi connectivity index (χ2v) is 4.42. The first kappa shape index (κ1) is 11.0. The van der Waals surface area contributed by atoms with Crippen LogP contribution < -0.4 is 0 Å². The van der Waals surface area contributed by atoms with Crippen molar-refractivity contribution in [3.63, 3.8) is 0 Å². The lowest BCUT2D eigenvalue weighted by molar-refractivity contribution is 0.473. The van der Waals surface area contributed by atoms with E-state index < -0.39 is 0 Å². The van der Waals surface area contributed by atoms with E-state index in [9.17, 15) is 5.11 Å². The highest BCUT2D eigenvalue weighted by Gasteiger charge is 2.07. The molecule has 0 saturated carbocycles. The van der Waals surface area contributed by atoms with Gasteiger partial charge in [-0.1, -0.05) is 52.8 Å². The number of phenolic OH excluding ortho intramolecular Hbond substituents is 1. The van der Waals surface area contributed by atoms with Crippen LogP contribution in [0.25, 0.3) is 5.57 Å². The zero-order valence-corrected chi connectivity index (χ0v) is 10.2. The monoisotopic (exact) mass is 274 g/mol. The van der Waals surface area contributed by atoms with Gasteiger partial charge in [0.05, 0.1) is 0 Å². The van der Waals surface area contributed by atoms with Gasteiger partial charge in [0.1, 0.15) is 5.75 Å². The Morgan fingerprint density at radius 2 is 1.75 bits per heavy atom. The Morgan fingerprint density at radius 3 is 2.38 bits per heavy atom. The lowest BCUT2D eigenvalue weighted by Gasteiger charge is -2.08. The average Bonchev–Trinajstić information content (AvgIpc) is 2.29. The van der Waals surface area contributed by atoms with E-state index in [1.807, 2.05) is 42.5 Å². The molecule has 0 fully saturated rings. The minimum absolute atomic E-state index is 0.239. The molecule has 0 aliphatic heterocycles. The maximum Gasteiger partial charge on any atom is 0.124 e. The number of rotatable bonds is 2. The Morgan fingerprint density at radius 1 is 1.06 bits per heavy atom. The molecule has 0 atom stereocenters. The number of phenols is 1. The van der Waals surface area contributed by atoms with E-state index >= 15 is 0 Å². The molecule has 2 heteroatoms. The third kappa shape index (κ3) is 2.17. The Kier molecular flexibility index (Phi) is 3.11. The third-order valence-electron chi connectivity index (χ3n) is 2.41. The average molecular weight is 275 g/mol. The van der Waals surface area contributed by atoms with Crippen molar-refractivity contribution in [3.05, 3.63) is 70.7 Å². The van der Waals surface area contributed by atoms with Crippen molar-refractivity contribution < 1.29 is 5.11 Å². The summed E-state index contributed by atoms with van der Waals surface area (Å²) in [7, 11) is 0. The van der Waals surface area contributed by atoms with Crippen molar-refractivity contribution in [1.29, 1.82) is 0 Å². The highest BCUT2D eigenvalue weighted by molar-refractivity contribution is 9.10. The largest absolute Gasteiger partial charge is 0.507 e. The first-order valence-electron chi connectivity index (χ1n) is 4.91. The van der Waals surface area contributed by atoms with Gasteiger partial charge in [-0.2, -0.15) is 0 Å². The zero-order valence-electron chi connectivity index (χ0n) is 8.65. The molecular weight excluding hydrogens is 264 g/mol. The van der Waals surface area contributed by atoms with Gasteiger partial charge in [0.15, 0.2) is 0 Å². The fraction of sp³-hybridized carbons (Fsp3) is 0. The molecule has 0 bridgehead atoms. The minimum atomic E-state index is 0.239. The van der Waals surface area contributed by atoms with Crippen LogP contribution >= 0.6 is 15.9 Å². The van der Waals surface area contributed by atoms with Crippen LogP contribution in [0.3, 0.4) is 0 Å². The predicted octanol–water partition coefficient (Wildman–Crippen LogP) is 4.22. The fourth-order valence-electron chi connectivity index (χ4n) is 1.55. The SMILES string of the molecule is C=C(c1ccccc1)c1ccc(Br)cc1O. The number of hydrogen-bond donors (Lipinski definition) is 1. The van der Waals surface area contributed by atoms with Crippen molar-refractivity contribution in [2.45, 2.75) is 0 Å². The Bertz CT molecular complexity index is 518. The number of aromatic hydroxyl groups is 1. The summed E-state index contributed by atoms with van der Waals surface area (Å²) in [4.78, 5) is 0. The fourth-order valence-corrected chi connectivity index (χ4v) is 1.90. The Hall–Kier alpha value is -1.54. The summed E-state index contributed by atoms with van der Waals surface area (Å²) in [6, 6.07) is 15.2. The standard InChI is InChI=1S/C14H11BrO/c1-10(11-5-3-2-4-6-11)13-8-7-12(15)9-14(13)16/h2-9,16H,1H2. The van der Waals surface area contributed by atoms with E-state index in [2.05, 4.69) is 22.5 Å². The Labute approximate surface area is 103 Å². The van der Waals surface area contributed by atoms with Crippen LogP contribution in [-0.2, 0) is 0 Å². The van der Waals surface area contributed by atoms with Crippen LogP contribution in [0.4, 0.5) is 0 Å². The van der Waals surface area contributed by atoms with Gasteiger partial charge in [-0.25, -0.2) is 0 Å². The molecule has 0 amide bonds. The summed E-state index contributed by atoms with van der Waals surface area (Å²) in [5.41, 5.74) is 2.60. The second-order valence-electron chi connectivity index (χ2n) is 3.51. The molecule has 16 heavy (non-hydrogen) atoms. The van der Waals surface area contributed by atoms with E-state index in [-0.39, 0.29) is 5.75 Å². The molecule has 1 N–H and O–H groups in total. The molecule has 1 nitrogen and oxygen atoms in total. The van der Waals surface area contributed by atoms with Gasteiger partial charge in [-0.05, 0) is 29.3 Å². The first-order valence-corrected chi connectivity index (χ1v) is 5.71. The lowest BCUT2D eigenvalue weighted by Crippen LogP contribution is -1.86. The molecule has 0 unspecified atom stereocenters. The van der Waals surface area contributed by atoms with Crippen LogP contribution in [0.15, 0.2) is 59.6 Å². The summed E-state index contributed by atoms with van der Waals surface area (Å²) in [5.74, 6) is 0.239. The maximum atomic E-state index is 9.83. The predicted molar refractivity (Wildman–Crippen MR) is 70.4 cm³/mol. The molecule has 0 aromatic heterocycles. The minimum Gasteiger partial charge on any atom is -0.507 e. The van der Waals surface area contributed by atoms with Gasteiger partial charge in [0.2, 0.25) is 0 Å². The first-order chi connectivity index (χ1) is 7.68. The van der Waals surface area contributed by atoms with Crippen molar-refractivity contribution in [2.75, 3.05) is 0 Å². The van der Waals surface area contributed by atoms with Gasteiger partial charge in [0, 0.05) is 10.0 Å². The molecule has 0 radical (unpaired) electrons. The van der Waals surface area contributed by atoms with E-state index in [0.717, 1.165) is 21.2 Å². The van der Waals surface area contributed by atoms with Crippen molar-refractivity contribution >= 4 is 21.5 Å². The summed E-state index contributed by atoms with van der Waals surface area (Å²) in [5, 5.41) is 9.83. The van der Waals surface area contributed by atoms with Gasteiger partial charge >= 0.3 is 0 Å². The molecule has 0 saturated heterocycles. The topological polar surface area (TPSA) is 20.2 Å². The molecule has 0 aliphatic carbocycles. The molecule has 2 rings (SSSR count). The molecule has 80 valence electrons. The van der Waals surface area contributed by atoms with Gasteiger partial charge in [0.25, 0.3) is 0 Å². The van der Waals surface area contributed by atoms with Crippen LogP contribution in [-0.4, -0.2) is 5.11 Å². The summed E-state index contributed by atoms with van der Waals surface area (Å²) < 4.78 is 0.856. The Balaban J connectivity index is 2.42. The quantitative estimate of drug-likeness (QED) is 0.870. The third-order valence-corrected chi connectivity index (χ3v) is 2.90. The van der Waals surface area contributed by atoms with E-state index in [1.54, 1.807) is 6.07 Å². The number of benzene rings is 2. The lowest BCUT2D eigenvalue weighted by atomic mass is 9.99. The van der Waals surface area contributed by atoms with Crippen LogP contribution in [0.5, 0.6) is 5.75 Å². The molecule has 2 aromatic carbocycles. The van der Waals surface area contributed by atoms with Gasteiger partial charge in [-0.15, -0.1) is 0 Å². The maximum absolute atomic E-state index is 9.83. The van der Waals surface area contributed by atoms with Gasteiger partial charge < -0.3 is 5.11 Å². The van der Waals surface area contributed by atoms with E-state index in [4.69, 9.17) is 0 Å². The van der Waals surface area contributed by atoms with Crippen LogP contribution in [0.1, 0.15) is 11.1 Å². The van der Waals surface area contributed by atoms with Crippen molar-refractivity contribution in [3.8, 4) is 5.75 Å². The summed E-state index contributed by atoms with van der Waals surface area (Å²) in [6.45, 7) is 4.01. The molecule has 0 aliphatic rings. The second kappa shape index (κ2) is 4.54. The number of hydrogen-bond acceptors (Lipinski definition) is 1. The van der Waals surface area contributed by atoms with Crippen LogP contribution in [0, 0.1) is 0 Å². The molecule has 0 spiro atoms. The number of halogens is 1. The zero-order chi connectivity index (χ0) is 11.5. The summed E-state index contributed by atoms with van der Waals surface area (Å²) >= 11 is 3.31. The van der Waals surface area contributed by atoms with Crippen LogP contribution in [0.2, 0.25) is 0 Å². The molecule has 2 aromatic rings. The van der Waals surface area contributed by atoms with E-state index in [1.165, 1.54) is 0 Å². The summed E-state index contributed by atoms with van der Waals surface area (Å²) in [6.07, 6.45) is 0. The van der Waals surface area contributed by atoms with Crippen molar-refractivity contribution in [2.24, 2.45) is 0 Å². The van der Waals surface area contributed by atoms with E-state index in [0.29, 0.717) is 0 Å².